The Balaban J connectivity index is 1.85. The maximum absolute atomic E-state index is 5.59. The van der Waals surface area contributed by atoms with E-state index in [2.05, 4.69) is 62.5 Å². The highest BCUT2D eigenvalue weighted by Gasteiger charge is 2.15. The predicted octanol–water partition coefficient (Wildman–Crippen LogP) is 4.67. The van der Waals surface area contributed by atoms with Crippen molar-refractivity contribution in [2.45, 2.75) is 39.7 Å². The zero-order valence-corrected chi connectivity index (χ0v) is 13.1. The molecular formula is C19H23NO. The minimum absolute atomic E-state index is 0.294. The monoisotopic (exact) mass is 281 g/mol. The summed E-state index contributed by atoms with van der Waals surface area (Å²) >= 11 is 0. The van der Waals surface area contributed by atoms with Crippen LogP contribution >= 0.6 is 0 Å². The molecule has 0 bridgehead atoms. The maximum Gasteiger partial charge on any atom is 0.122 e. The number of nitrogens with one attached hydrogen (secondary N) is 1. The van der Waals surface area contributed by atoms with Gasteiger partial charge < -0.3 is 10.1 Å². The fraction of sp³-hybridized carbons (Fsp3) is 0.368. The first-order chi connectivity index (χ1) is 10.2. The molecule has 3 rings (SSSR count). The third-order valence-corrected chi connectivity index (χ3v) is 4.31. The summed E-state index contributed by atoms with van der Waals surface area (Å²) < 4.78 is 5.59. The van der Waals surface area contributed by atoms with Gasteiger partial charge in [0.2, 0.25) is 0 Å². The van der Waals surface area contributed by atoms with Crippen molar-refractivity contribution in [3.05, 3.63) is 58.7 Å². The van der Waals surface area contributed by atoms with Gasteiger partial charge in [-0.3, -0.25) is 0 Å². The molecule has 21 heavy (non-hydrogen) atoms. The number of hydrogen-bond donors (Lipinski definition) is 1. The van der Waals surface area contributed by atoms with Crippen LogP contribution < -0.4 is 10.1 Å². The van der Waals surface area contributed by atoms with Gasteiger partial charge in [-0.15, -0.1) is 0 Å². The second-order valence-corrected chi connectivity index (χ2v) is 5.79. The highest BCUT2D eigenvalue weighted by molar-refractivity contribution is 5.58. The Bertz CT molecular complexity index is 648. The number of fused-ring (bicyclic) bond motifs is 1. The minimum atomic E-state index is 0.294. The molecule has 1 atom stereocenters. The third kappa shape index (κ3) is 2.76. The van der Waals surface area contributed by atoms with Gasteiger partial charge in [-0.25, -0.2) is 0 Å². The molecule has 0 saturated carbocycles. The number of ether oxygens (including phenoxy) is 1. The topological polar surface area (TPSA) is 21.3 Å². The van der Waals surface area contributed by atoms with Crippen LogP contribution in [-0.4, -0.2) is 6.61 Å². The Kier molecular flexibility index (Phi) is 3.87. The zero-order valence-electron chi connectivity index (χ0n) is 13.1. The van der Waals surface area contributed by atoms with Gasteiger partial charge in [0.05, 0.1) is 6.61 Å². The second kappa shape index (κ2) is 5.80. The van der Waals surface area contributed by atoms with Crippen molar-refractivity contribution in [1.29, 1.82) is 0 Å². The lowest BCUT2D eigenvalue weighted by molar-refractivity contribution is 0.357. The molecule has 0 spiro atoms. The first kappa shape index (κ1) is 14.0. The van der Waals surface area contributed by atoms with Gasteiger partial charge in [-0.1, -0.05) is 31.2 Å². The molecule has 2 aromatic rings. The van der Waals surface area contributed by atoms with Crippen molar-refractivity contribution >= 4 is 5.69 Å². The minimum Gasteiger partial charge on any atom is -0.493 e. The normalized spacial score (nSPS) is 14.4. The average molecular weight is 281 g/mol. The van der Waals surface area contributed by atoms with Crippen molar-refractivity contribution < 1.29 is 4.74 Å². The van der Waals surface area contributed by atoms with Gasteiger partial charge in [-0.05, 0) is 54.7 Å². The molecule has 1 aliphatic heterocycles. The lowest BCUT2D eigenvalue weighted by Crippen LogP contribution is -2.10. The summed E-state index contributed by atoms with van der Waals surface area (Å²) in [5.74, 6) is 1.05. The molecule has 2 heteroatoms. The molecule has 2 aromatic carbocycles. The predicted molar refractivity (Wildman–Crippen MR) is 88.2 cm³/mol. The van der Waals surface area contributed by atoms with Crippen LogP contribution in [0, 0.1) is 6.92 Å². The summed E-state index contributed by atoms with van der Waals surface area (Å²) in [6, 6.07) is 13.4. The van der Waals surface area contributed by atoms with Crippen molar-refractivity contribution in [3.63, 3.8) is 0 Å². The number of aryl methyl sites for hydroxylation is 2. The average Bonchev–Trinajstić information content (AvgIpc) is 2.96. The maximum atomic E-state index is 5.59. The summed E-state index contributed by atoms with van der Waals surface area (Å²) in [6.07, 6.45) is 2.08. The molecule has 1 heterocycles. The summed E-state index contributed by atoms with van der Waals surface area (Å²) in [5, 5.41) is 3.70. The lowest BCUT2D eigenvalue weighted by atomic mass is 10.0. The van der Waals surface area contributed by atoms with E-state index in [1.165, 1.54) is 27.9 Å². The van der Waals surface area contributed by atoms with Crippen LogP contribution in [0.4, 0.5) is 5.69 Å². The van der Waals surface area contributed by atoms with E-state index in [9.17, 15) is 0 Å². The van der Waals surface area contributed by atoms with E-state index in [0.29, 0.717) is 6.04 Å². The summed E-state index contributed by atoms with van der Waals surface area (Å²) in [7, 11) is 0. The Morgan fingerprint density at radius 2 is 2.10 bits per heavy atom. The zero-order chi connectivity index (χ0) is 14.8. The van der Waals surface area contributed by atoms with Crippen molar-refractivity contribution in [2.75, 3.05) is 11.9 Å². The first-order valence-electron chi connectivity index (χ1n) is 7.79. The van der Waals surface area contributed by atoms with Crippen molar-refractivity contribution in [2.24, 2.45) is 0 Å². The van der Waals surface area contributed by atoms with E-state index in [1.807, 2.05) is 0 Å². The van der Waals surface area contributed by atoms with E-state index in [0.717, 1.165) is 25.2 Å². The lowest BCUT2D eigenvalue weighted by Gasteiger charge is -2.20. The molecule has 0 radical (unpaired) electrons. The molecule has 0 amide bonds. The van der Waals surface area contributed by atoms with Gasteiger partial charge in [0.1, 0.15) is 5.75 Å². The fourth-order valence-electron chi connectivity index (χ4n) is 3.01. The van der Waals surface area contributed by atoms with E-state index in [-0.39, 0.29) is 0 Å². The van der Waals surface area contributed by atoms with E-state index < -0.39 is 0 Å². The highest BCUT2D eigenvalue weighted by atomic mass is 16.5. The standard InChI is InChI=1S/C19H23NO/c1-4-15-7-5-6-13(2)19(15)20-14(3)16-8-9-18-17(12-16)10-11-21-18/h5-9,12,14,20H,4,10-11H2,1-3H3. The number of benzene rings is 2. The van der Waals surface area contributed by atoms with Crippen molar-refractivity contribution in [3.8, 4) is 5.75 Å². The number of hydrogen-bond acceptors (Lipinski definition) is 2. The van der Waals surface area contributed by atoms with Crippen molar-refractivity contribution in [1.82, 2.24) is 0 Å². The van der Waals surface area contributed by atoms with Gasteiger partial charge in [-0.2, -0.15) is 0 Å². The van der Waals surface area contributed by atoms with Crippen LogP contribution in [0.5, 0.6) is 5.75 Å². The summed E-state index contributed by atoms with van der Waals surface area (Å²) in [6.45, 7) is 7.42. The van der Waals surface area contributed by atoms with E-state index >= 15 is 0 Å². The SMILES string of the molecule is CCc1cccc(C)c1NC(C)c1ccc2c(c1)CCO2. The van der Waals surface area contributed by atoms with E-state index in [1.54, 1.807) is 0 Å². The van der Waals surface area contributed by atoms with Crippen LogP contribution in [0.3, 0.4) is 0 Å². The third-order valence-electron chi connectivity index (χ3n) is 4.31. The number of rotatable bonds is 4. The van der Waals surface area contributed by atoms with Crippen LogP contribution in [0.15, 0.2) is 36.4 Å². The summed E-state index contributed by atoms with van der Waals surface area (Å²) in [4.78, 5) is 0. The fourth-order valence-corrected chi connectivity index (χ4v) is 3.01. The Morgan fingerprint density at radius 1 is 1.24 bits per heavy atom. The van der Waals surface area contributed by atoms with Crippen LogP contribution in [0.1, 0.15) is 42.1 Å². The molecular weight excluding hydrogens is 258 g/mol. The smallest absolute Gasteiger partial charge is 0.122 e. The number of para-hydroxylation sites is 1. The van der Waals surface area contributed by atoms with Crippen LogP contribution in [0.2, 0.25) is 0 Å². The summed E-state index contributed by atoms with van der Waals surface area (Å²) in [5.41, 5.74) is 6.63. The Hall–Kier alpha value is -1.96. The van der Waals surface area contributed by atoms with Crippen LogP contribution in [-0.2, 0) is 12.8 Å². The number of anilines is 1. The molecule has 1 aliphatic rings. The van der Waals surface area contributed by atoms with Gasteiger partial charge >= 0.3 is 0 Å². The molecule has 2 nitrogen and oxygen atoms in total. The molecule has 1 N–H and O–H groups in total. The second-order valence-electron chi connectivity index (χ2n) is 5.79. The van der Waals surface area contributed by atoms with Gasteiger partial charge in [0, 0.05) is 18.2 Å². The molecule has 0 aliphatic carbocycles. The molecule has 0 aromatic heterocycles. The molecule has 1 unspecified atom stereocenters. The first-order valence-corrected chi connectivity index (χ1v) is 7.79. The Labute approximate surface area is 127 Å². The largest absolute Gasteiger partial charge is 0.493 e. The van der Waals surface area contributed by atoms with E-state index in [4.69, 9.17) is 4.74 Å². The van der Waals surface area contributed by atoms with Gasteiger partial charge in [0.25, 0.3) is 0 Å². The van der Waals surface area contributed by atoms with Gasteiger partial charge in [0.15, 0.2) is 0 Å². The molecule has 0 saturated heterocycles. The quantitative estimate of drug-likeness (QED) is 0.879. The Morgan fingerprint density at radius 3 is 2.90 bits per heavy atom. The molecule has 110 valence electrons. The van der Waals surface area contributed by atoms with Crippen LogP contribution in [0.25, 0.3) is 0 Å². The molecule has 0 fully saturated rings. The highest BCUT2D eigenvalue weighted by Crippen LogP contribution is 2.31.